The molecule has 1 aromatic rings. The van der Waals surface area contributed by atoms with Crippen LogP contribution in [0, 0.1) is 0 Å². The molecule has 37 heavy (non-hydrogen) atoms. The van der Waals surface area contributed by atoms with Gasteiger partial charge in [-0.05, 0) is 47.8 Å². The van der Waals surface area contributed by atoms with Crippen LogP contribution in [0.15, 0.2) is 24.3 Å². The van der Waals surface area contributed by atoms with E-state index in [2.05, 4.69) is 53.8 Å². The van der Waals surface area contributed by atoms with Gasteiger partial charge >= 0.3 is 0 Å². The Labute approximate surface area is 240 Å². The minimum atomic E-state index is 0.545. The first-order valence-electron chi connectivity index (χ1n) is 14.5. The van der Waals surface area contributed by atoms with Crippen LogP contribution in [0.25, 0.3) is 0 Å². The molecule has 0 atom stereocenters. The van der Waals surface area contributed by atoms with E-state index in [9.17, 15) is 0 Å². The Morgan fingerprint density at radius 3 is 1.51 bits per heavy atom. The number of hydrogen-bond acceptors (Lipinski definition) is 6. The number of aryl methyl sites for hydroxylation is 1. The number of alkyl halides is 1. The molecule has 0 bridgehead atoms. The first kappa shape index (κ1) is 34.6. The molecule has 1 rings (SSSR count). The van der Waals surface area contributed by atoms with Crippen molar-refractivity contribution in [1.82, 2.24) is 0 Å². The molecular formula is C30H53IO6. The fraction of sp³-hybridized carbons (Fsp3) is 0.800. The van der Waals surface area contributed by atoms with E-state index < -0.39 is 0 Å². The zero-order valence-electron chi connectivity index (χ0n) is 23.4. The predicted octanol–water partition coefficient (Wildman–Crippen LogP) is 7.05. The van der Waals surface area contributed by atoms with Gasteiger partial charge in [0.15, 0.2) is 0 Å². The predicted molar refractivity (Wildman–Crippen MR) is 160 cm³/mol. The highest BCUT2D eigenvalue weighted by Crippen LogP contribution is 2.15. The van der Waals surface area contributed by atoms with Crippen molar-refractivity contribution in [2.75, 3.05) is 77.1 Å². The van der Waals surface area contributed by atoms with Gasteiger partial charge < -0.3 is 28.4 Å². The van der Waals surface area contributed by atoms with Gasteiger partial charge in [0.05, 0.1) is 59.5 Å². The van der Waals surface area contributed by atoms with Gasteiger partial charge in [0.1, 0.15) is 12.4 Å². The number of hydrogen-bond donors (Lipinski definition) is 0. The van der Waals surface area contributed by atoms with E-state index in [4.69, 9.17) is 28.4 Å². The zero-order valence-corrected chi connectivity index (χ0v) is 25.6. The highest BCUT2D eigenvalue weighted by molar-refractivity contribution is 14.1. The van der Waals surface area contributed by atoms with E-state index in [1.807, 2.05) is 0 Å². The van der Waals surface area contributed by atoms with E-state index in [1.165, 1.54) is 67.8 Å². The number of benzene rings is 1. The lowest BCUT2D eigenvalue weighted by molar-refractivity contribution is -0.0128. The lowest BCUT2D eigenvalue weighted by Gasteiger charge is -2.09. The summed E-state index contributed by atoms with van der Waals surface area (Å²) in [7, 11) is 0. The second-order valence-corrected chi connectivity index (χ2v) is 10.3. The molecule has 0 heterocycles. The summed E-state index contributed by atoms with van der Waals surface area (Å²) >= 11 is 2.43. The van der Waals surface area contributed by atoms with E-state index in [-0.39, 0.29) is 0 Å². The van der Waals surface area contributed by atoms with Crippen molar-refractivity contribution >= 4 is 22.6 Å². The number of rotatable bonds is 29. The normalized spacial score (nSPS) is 11.3. The quantitative estimate of drug-likeness (QED) is 0.0534. The SMILES string of the molecule is CCCCCCCCc1ccc(OCCOCCOCCOCCOCCOCCCCCCI)cc1. The minimum Gasteiger partial charge on any atom is -0.491 e. The number of halogens is 1. The van der Waals surface area contributed by atoms with Crippen LogP contribution in [0.1, 0.15) is 76.7 Å². The summed E-state index contributed by atoms with van der Waals surface area (Å²) in [6.07, 6.45) is 14.2. The van der Waals surface area contributed by atoms with Crippen LogP contribution in [0.2, 0.25) is 0 Å². The van der Waals surface area contributed by atoms with Crippen LogP contribution in [0.4, 0.5) is 0 Å². The molecule has 0 N–H and O–H groups in total. The fourth-order valence-corrected chi connectivity index (χ4v) is 4.25. The minimum absolute atomic E-state index is 0.545. The second kappa shape index (κ2) is 28.6. The molecule has 7 heteroatoms. The molecule has 6 nitrogen and oxygen atoms in total. The Balaban J connectivity index is 1.77. The van der Waals surface area contributed by atoms with Gasteiger partial charge in [-0.2, -0.15) is 0 Å². The van der Waals surface area contributed by atoms with Gasteiger partial charge in [-0.15, -0.1) is 0 Å². The highest BCUT2D eigenvalue weighted by Gasteiger charge is 1.98. The summed E-state index contributed by atoms with van der Waals surface area (Å²) in [6, 6.07) is 8.47. The highest BCUT2D eigenvalue weighted by atomic mass is 127. The maximum atomic E-state index is 5.76. The van der Waals surface area contributed by atoms with Gasteiger partial charge in [-0.25, -0.2) is 0 Å². The summed E-state index contributed by atoms with van der Waals surface area (Å²) in [5.74, 6) is 0.901. The van der Waals surface area contributed by atoms with Crippen LogP contribution >= 0.6 is 22.6 Å². The molecule has 0 aromatic heterocycles. The summed E-state index contributed by atoms with van der Waals surface area (Å²) in [5, 5.41) is 0. The Bertz CT molecular complexity index is 572. The van der Waals surface area contributed by atoms with E-state index in [0.29, 0.717) is 66.1 Å². The largest absolute Gasteiger partial charge is 0.491 e. The van der Waals surface area contributed by atoms with Crippen molar-refractivity contribution in [1.29, 1.82) is 0 Å². The molecule has 0 radical (unpaired) electrons. The molecule has 0 unspecified atom stereocenters. The smallest absolute Gasteiger partial charge is 0.119 e. The molecule has 0 fully saturated rings. The third kappa shape index (κ3) is 24.3. The number of unbranched alkanes of at least 4 members (excludes halogenated alkanes) is 8. The molecule has 0 aliphatic carbocycles. The van der Waals surface area contributed by atoms with Crippen molar-refractivity contribution in [2.24, 2.45) is 0 Å². The van der Waals surface area contributed by atoms with E-state index in [1.54, 1.807) is 0 Å². The summed E-state index contributed by atoms with van der Waals surface area (Å²) in [6.45, 7) is 8.88. The third-order valence-electron chi connectivity index (χ3n) is 5.90. The Morgan fingerprint density at radius 2 is 0.946 bits per heavy atom. The van der Waals surface area contributed by atoms with Gasteiger partial charge in [0, 0.05) is 6.61 Å². The summed E-state index contributed by atoms with van der Waals surface area (Å²) in [4.78, 5) is 0. The third-order valence-corrected chi connectivity index (χ3v) is 6.66. The molecule has 0 amide bonds. The molecular weight excluding hydrogens is 583 g/mol. The molecule has 0 aliphatic rings. The van der Waals surface area contributed by atoms with Crippen LogP contribution in [-0.2, 0) is 30.1 Å². The lowest BCUT2D eigenvalue weighted by Crippen LogP contribution is -2.14. The average Bonchev–Trinajstić information content (AvgIpc) is 2.92. The molecule has 0 aliphatic heterocycles. The molecule has 0 saturated carbocycles. The molecule has 0 saturated heterocycles. The van der Waals surface area contributed by atoms with Crippen molar-refractivity contribution in [3.05, 3.63) is 29.8 Å². The van der Waals surface area contributed by atoms with Gasteiger partial charge in [0.2, 0.25) is 0 Å². The van der Waals surface area contributed by atoms with Crippen LogP contribution in [-0.4, -0.2) is 77.1 Å². The molecule has 1 aromatic carbocycles. The van der Waals surface area contributed by atoms with Gasteiger partial charge in [-0.3, -0.25) is 0 Å². The molecule has 0 spiro atoms. The zero-order chi connectivity index (χ0) is 26.5. The van der Waals surface area contributed by atoms with Crippen LogP contribution < -0.4 is 4.74 Å². The Kier molecular flexibility index (Phi) is 26.7. The monoisotopic (exact) mass is 636 g/mol. The summed E-state index contributed by atoms with van der Waals surface area (Å²) < 4.78 is 34.7. The first-order chi connectivity index (χ1) is 18.4. The van der Waals surface area contributed by atoms with Crippen molar-refractivity contribution < 1.29 is 28.4 Å². The Morgan fingerprint density at radius 1 is 0.486 bits per heavy atom. The number of ether oxygens (including phenoxy) is 6. The van der Waals surface area contributed by atoms with Gasteiger partial charge in [0.25, 0.3) is 0 Å². The maximum absolute atomic E-state index is 5.76. The lowest BCUT2D eigenvalue weighted by atomic mass is 10.0. The fourth-order valence-electron chi connectivity index (χ4n) is 3.71. The Hall–Kier alpha value is -0.450. The van der Waals surface area contributed by atoms with E-state index in [0.717, 1.165) is 25.2 Å². The topological polar surface area (TPSA) is 55.4 Å². The van der Waals surface area contributed by atoms with Crippen LogP contribution in [0.3, 0.4) is 0 Å². The maximum Gasteiger partial charge on any atom is 0.119 e. The van der Waals surface area contributed by atoms with Gasteiger partial charge in [-0.1, -0.05) is 86.6 Å². The van der Waals surface area contributed by atoms with Crippen molar-refractivity contribution in [2.45, 2.75) is 77.6 Å². The average molecular weight is 637 g/mol. The van der Waals surface area contributed by atoms with E-state index >= 15 is 0 Å². The first-order valence-corrected chi connectivity index (χ1v) is 16.1. The molecule has 216 valence electrons. The second-order valence-electron chi connectivity index (χ2n) is 9.18. The summed E-state index contributed by atoms with van der Waals surface area (Å²) in [5.41, 5.74) is 1.39. The van der Waals surface area contributed by atoms with Crippen LogP contribution in [0.5, 0.6) is 5.75 Å². The van der Waals surface area contributed by atoms with Crippen molar-refractivity contribution in [3.8, 4) is 5.75 Å². The standard InChI is InChI=1S/C30H53IO6/c1-2-3-4-5-6-9-12-29-13-15-30(16-14-29)37-28-27-36-26-25-35-24-23-34-22-21-33-20-19-32-18-11-8-7-10-17-31/h13-16H,2-12,17-28H2,1H3. The van der Waals surface area contributed by atoms with Crippen molar-refractivity contribution in [3.63, 3.8) is 0 Å².